The van der Waals surface area contributed by atoms with Gasteiger partial charge in [-0.25, -0.2) is 0 Å². The van der Waals surface area contributed by atoms with Gasteiger partial charge in [-0.2, -0.15) is 0 Å². The molecule has 2 unspecified atom stereocenters. The standard InChI is InChI=1S/C19H24N2O/c1-15-6-5-9-17(12-15)20-18-10-11-21(14-19(18)22)13-16-7-3-2-4-8-16/h2-9,12,18-20,22H,10-11,13-14H2,1H3. The zero-order valence-corrected chi connectivity index (χ0v) is 13.1. The van der Waals surface area contributed by atoms with Gasteiger partial charge in [-0.05, 0) is 36.6 Å². The zero-order valence-electron chi connectivity index (χ0n) is 13.1. The summed E-state index contributed by atoms with van der Waals surface area (Å²) in [5.41, 5.74) is 3.64. The van der Waals surface area contributed by atoms with Crippen LogP contribution in [-0.4, -0.2) is 35.2 Å². The van der Waals surface area contributed by atoms with Crippen LogP contribution in [0.5, 0.6) is 0 Å². The van der Waals surface area contributed by atoms with Crippen LogP contribution in [0.1, 0.15) is 17.5 Å². The van der Waals surface area contributed by atoms with Gasteiger partial charge in [0.1, 0.15) is 0 Å². The summed E-state index contributed by atoms with van der Waals surface area (Å²) < 4.78 is 0. The maximum atomic E-state index is 10.4. The second-order valence-corrected chi connectivity index (χ2v) is 6.20. The lowest BCUT2D eigenvalue weighted by Crippen LogP contribution is -2.49. The lowest BCUT2D eigenvalue weighted by Gasteiger charge is -2.36. The van der Waals surface area contributed by atoms with Gasteiger partial charge in [0.2, 0.25) is 0 Å². The average molecular weight is 296 g/mol. The molecule has 2 N–H and O–H groups in total. The van der Waals surface area contributed by atoms with Gasteiger partial charge < -0.3 is 10.4 Å². The van der Waals surface area contributed by atoms with Crippen molar-refractivity contribution in [1.29, 1.82) is 0 Å². The van der Waals surface area contributed by atoms with Crippen molar-refractivity contribution < 1.29 is 5.11 Å². The molecule has 116 valence electrons. The molecule has 2 aromatic carbocycles. The predicted molar refractivity (Wildman–Crippen MR) is 90.9 cm³/mol. The maximum Gasteiger partial charge on any atom is 0.0868 e. The summed E-state index contributed by atoms with van der Waals surface area (Å²) in [5, 5.41) is 13.9. The summed E-state index contributed by atoms with van der Waals surface area (Å²) in [4.78, 5) is 2.33. The molecule has 0 aromatic heterocycles. The Bertz CT molecular complexity index is 599. The van der Waals surface area contributed by atoms with E-state index in [4.69, 9.17) is 0 Å². The third kappa shape index (κ3) is 3.87. The van der Waals surface area contributed by atoms with Gasteiger partial charge in [0.05, 0.1) is 12.1 Å². The van der Waals surface area contributed by atoms with Gasteiger partial charge in [-0.3, -0.25) is 4.90 Å². The fraction of sp³-hybridized carbons (Fsp3) is 0.368. The highest BCUT2D eigenvalue weighted by atomic mass is 16.3. The molecule has 1 saturated heterocycles. The van der Waals surface area contributed by atoms with Crippen LogP contribution in [-0.2, 0) is 6.54 Å². The fourth-order valence-corrected chi connectivity index (χ4v) is 3.10. The predicted octanol–water partition coefficient (Wildman–Crippen LogP) is 3.04. The summed E-state index contributed by atoms with van der Waals surface area (Å²) in [5.74, 6) is 0. The van der Waals surface area contributed by atoms with E-state index in [1.165, 1.54) is 11.1 Å². The zero-order chi connectivity index (χ0) is 15.4. The average Bonchev–Trinajstić information content (AvgIpc) is 2.51. The molecular weight excluding hydrogens is 272 g/mol. The Morgan fingerprint density at radius 3 is 2.68 bits per heavy atom. The van der Waals surface area contributed by atoms with Crippen molar-refractivity contribution in [2.24, 2.45) is 0 Å². The third-order valence-corrected chi connectivity index (χ3v) is 4.29. The molecule has 3 nitrogen and oxygen atoms in total. The molecule has 1 aliphatic heterocycles. The van der Waals surface area contributed by atoms with E-state index in [0.717, 1.165) is 31.7 Å². The largest absolute Gasteiger partial charge is 0.390 e. The molecule has 0 aliphatic carbocycles. The van der Waals surface area contributed by atoms with Crippen LogP contribution in [0, 0.1) is 6.92 Å². The van der Waals surface area contributed by atoms with Crippen LogP contribution in [0.15, 0.2) is 54.6 Å². The van der Waals surface area contributed by atoms with Gasteiger partial charge >= 0.3 is 0 Å². The normalized spacial score (nSPS) is 22.5. The van der Waals surface area contributed by atoms with Crippen LogP contribution in [0.3, 0.4) is 0 Å². The molecule has 1 fully saturated rings. The number of anilines is 1. The van der Waals surface area contributed by atoms with Crippen molar-refractivity contribution in [2.75, 3.05) is 18.4 Å². The van der Waals surface area contributed by atoms with Crippen LogP contribution in [0.2, 0.25) is 0 Å². The van der Waals surface area contributed by atoms with Crippen molar-refractivity contribution in [2.45, 2.75) is 32.0 Å². The van der Waals surface area contributed by atoms with Gasteiger partial charge in [-0.1, -0.05) is 42.5 Å². The van der Waals surface area contributed by atoms with Crippen molar-refractivity contribution >= 4 is 5.69 Å². The molecular formula is C19H24N2O. The summed E-state index contributed by atoms with van der Waals surface area (Å²) in [6.07, 6.45) is 0.625. The fourth-order valence-electron chi connectivity index (χ4n) is 3.10. The van der Waals surface area contributed by atoms with Crippen molar-refractivity contribution in [1.82, 2.24) is 4.90 Å². The number of nitrogens with one attached hydrogen (secondary N) is 1. The van der Waals surface area contributed by atoms with E-state index in [2.05, 4.69) is 65.7 Å². The minimum Gasteiger partial charge on any atom is -0.390 e. The SMILES string of the molecule is Cc1cccc(NC2CCN(Cc3ccccc3)CC2O)c1. The molecule has 3 rings (SSSR count). The van der Waals surface area contributed by atoms with Gasteiger partial charge in [0.15, 0.2) is 0 Å². The second kappa shape index (κ2) is 6.95. The highest BCUT2D eigenvalue weighted by Gasteiger charge is 2.27. The molecule has 1 heterocycles. The summed E-state index contributed by atoms with van der Waals surface area (Å²) in [6, 6.07) is 18.9. The van der Waals surface area contributed by atoms with Gasteiger partial charge in [0.25, 0.3) is 0 Å². The first kappa shape index (κ1) is 15.1. The second-order valence-electron chi connectivity index (χ2n) is 6.20. The van der Waals surface area contributed by atoms with E-state index < -0.39 is 0 Å². The number of aryl methyl sites for hydroxylation is 1. The van der Waals surface area contributed by atoms with E-state index in [-0.39, 0.29) is 12.1 Å². The number of rotatable bonds is 4. The number of β-amino-alcohol motifs (C(OH)–C–C–N with tert-alkyl or cyclic N) is 1. The summed E-state index contributed by atoms with van der Waals surface area (Å²) in [6.45, 7) is 4.73. The number of likely N-dealkylation sites (tertiary alicyclic amines) is 1. The van der Waals surface area contributed by atoms with E-state index in [1.807, 2.05) is 6.07 Å². The van der Waals surface area contributed by atoms with Crippen molar-refractivity contribution in [3.63, 3.8) is 0 Å². The Labute approximate surface area is 132 Å². The first-order valence-electron chi connectivity index (χ1n) is 7.98. The number of nitrogens with zero attached hydrogens (tertiary/aromatic N) is 1. The van der Waals surface area contributed by atoms with Crippen molar-refractivity contribution in [3.8, 4) is 0 Å². The van der Waals surface area contributed by atoms with E-state index in [9.17, 15) is 5.11 Å². The number of hydrogen-bond acceptors (Lipinski definition) is 3. The Morgan fingerprint density at radius 2 is 1.95 bits per heavy atom. The summed E-state index contributed by atoms with van der Waals surface area (Å²) >= 11 is 0. The quantitative estimate of drug-likeness (QED) is 0.910. The maximum absolute atomic E-state index is 10.4. The van der Waals surface area contributed by atoms with Gasteiger partial charge in [0, 0.05) is 25.3 Å². The van der Waals surface area contributed by atoms with Crippen LogP contribution < -0.4 is 5.32 Å². The summed E-state index contributed by atoms with van der Waals surface area (Å²) in [7, 11) is 0. The first-order valence-corrected chi connectivity index (χ1v) is 7.98. The highest BCUT2D eigenvalue weighted by Crippen LogP contribution is 2.19. The molecule has 1 aliphatic rings. The molecule has 0 saturated carbocycles. The van der Waals surface area contributed by atoms with E-state index in [0.29, 0.717) is 0 Å². The van der Waals surface area contributed by atoms with E-state index >= 15 is 0 Å². The van der Waals surface area contributed by atoms with Crippen LogP contribution in [0.25, 0.3) is 0 Å². The molecule has 2 atom stereocenters. The van der Waals surface area contributed by atoms with Crippen LogP contribution in [0.4, 0.5) is 5.69 Å². The number of hydrogen-bond donors (Lipinski definition) is 2. The topological polar surface area (TPSA) is 35.5 Å². The molecule has 22 heavy (non-hydrogen) atoms. The molecule has 0 amide bonds. The van der Waals surface area contributed by atoms with Crippen LogP contribution >= 0.6 is 0 Å². The molecule has 3 heteroatoms. The minimum absolute atomic E-state index is 0.133. The number of aliphatic hydroxyl groups is 1. The number of aliphatic hydroxyl groups excluding tert-OH is 1. The number of benzene rings is 2. The molecule has 2 aromatic rings. The Kier molecular flexibility index (Phi) is 4.76. The number of piperidine rings is 1. The Balaban J connectivity index is 1.56. The van der Waals surface area contributed by atoms with E-state index in [1.54, 1.807) is 0 Å². The highest BCUT2D eigenvalue weighted by molar-refractivity contribution is 5.46. The third-order valence-electron chi connectivity index (χ3n) is 4.29. The molecule has 0 bridgehead atoms. The Hall–Kier alpha value is -1.84. The van der Waals surface area contributed by atoms with Gasteiger partial charge in [-0.15, -0.1) is 0 Å². The smallest absolute Gasteiger partial charge is 0.0868 e. The molecule has 0 radical (unpaired) electrons. The molecule has 0 spiro atoms. The Morgan fingerprint density at radius 1 is 1.14 bits per heavy atom. The minimum atomic E-state index is -0.335. The monoisotopic (exact) mass is 296 g/mol. The first-order chi connectivity index (χ1) is 10.7. The van der Waals surface area contributed by atoms with Crippen molar-refractivity contribution in [3.05, 3.63) is 65.7 Å². The lowest BCUT2D eigenvalue weighted by atomic mass is 10.0. The lowest BCUT2D eigenvalue weighted by molar-refractivity contribution is 0.0562.